The number of nitrogens with one attached hydrogen (secondary N) is 1. The van der Waals surface area contributed by atoms with E-state index in [4.69, 9.17) is 0 Å². The minimum absolute atomic E-state index is 0.278. The van der Waals surface area contributed by atoms with Gasteiger partial charge in [0.15, 0.2) is 0 Å². The van der Waals surface area contributed by atoms with E-state index in [9.17, 15) is 4.79 Å². The van der Waals surface area contributed by atoms with Crippen molar-refractivity contribution in [3.63, 3.8) is 0 Å². The van der Waals surface area contributed by atoms with E-state index in [-0.39, 0.29) is 11.9 Å². The molecule has 2 aromatic carbocycles. The quantitative estimate of drug-likeness (QED) is 0.811. The molecule has 2 aromatic rings. The van der Waals surface area contributed by atoms with Crippen molar-refractivity contribution < 1.29 is 4.79 Å². The van der Waals surface area contributed by atoms with Crippen LogP contribution in [0.15, 0.2) is 60.7 Å². The molecule has 3 nitrogen and oxygen atoms in total. The van der Waals surface area contributed by atoms with E-state index in [1.807, 2.05) is 6.07 Å². The Morgan fingerprint density at radius 1 is 1.04 bits per heavy atom. The van der Waals surface area contributed by atoms with Gasteiger partial charge < -0.3 is 10.2 Å². The third kappa shape index (κ3) is 5.43. The molecule has 0 saturated carbocycles. The Kier molecular flexibility index (Phi) is 6.84. The minimum Gasteiger partial charge on any atom is -0.343 e. The van der Waals surface area contributed by atoms with Gasteiger partial charge in [0.25, 0.3) is 0 Å². The predicted octanol–water partition coefficient (Wildman–Crippen LogP) is 4.21. The lowest BCUT2D eigenvalue weighted by molar-refractivity contribution is -0.132. The van der Waals surface area contributed by atoms with Gasteiger partial charge in [-0.3, -0.25) is 4.79 Å². The van der Waals surface area contributed by atoms with E-state index in [1.54, 1.807) is 0 Å². The second kappa shape index (κ2) is 9.54. The topological polar surface area (TPSA) is 32.3 Å². The fraction of sp³-hybridized carbons (Fsp3) is 0.435. The molecular formula is C23H30N2O. The second-order valence-electron chi connectivity index (χ2n) is 7.35. The number of carbonyl (C=O) groups excluding carboxylic acids is 1. The van der Waals surface area contributed by atoms with Crippen molar-refractivity contribution in [1.29, 1.82) is 0 Å². The van der Waals surface area contributed by atoms with Crippen LogP contribution in [-0.4, -0.2) is 30.4 Å². The van der Waals surface area contributed by atoms with Crippen molar-refractivity contribution in [3.8, 4) is 0 Å². The SMILES string of the molecule is C[C@H](NCCC(=O)N1CCC(Cc2ccccc2)CC1)c1ccccc1. The summed E-state index contributed by atoms with van der Waals surface area (Å²) in [6, 6.07) is 21.4. The smallest absolute Gasteiger partial charge is 0.223 e. The Labute approximate surface area is 157 Å². The fourth-order valence-corrected chi connectivity index (χ4v) is 3.75. The maximum absolute atomic E-state index is 12.5. The molecule has 1 N–H and O–H groups in total. The lowest BCUT2D eigenvalue weighted by Crippen LogP contribution is -2.40. The van der Waals surface area contributed by atoms with E-state index < -0.39 is 0 Å². The first-order chi connectivity index (χ1) is 12.7. The molecule has 0 radical (unpaired) electrons. The summed E-state index contributed by atoms with van der Waals surface area (Å²) < 4.78 is 0. The Morgan fingerprint density at radius 2 is 1.65 bits per heavy atom. The van der Waals surface area contributed by atoms with Crippen molar-refractivity contribution in [1.82, 2.24) is 10.2 Å². The van der Waals surface area contributed by atoms with Gasteiger partial charge in [-0.1, -0.05) is 60.7 Å². The molecule has 3 heteroatoms. The molecule has 3 rings (SSSR count). The molecule has 26 heavy (non-hydrogen) atoms. The number of hydrogen-bond acceptors (Lipinski definition) is 2. The number of amides is 1. The first kappa shape index (κ1) is 18.7. The Hall–Kier alpha value is -2.13. The molecule has 1 aliphatic rings. The van der Waals surface area contributed by atoms with Crippen LogP contribution in [0, 0.1) is 5.92 Å². The standard InChI is InChI=1S/C23H30N2O/c1-19(22-10-6-3-7-11-22)24-15-12-23(26)25-16-13-21(14-17-25)18-20-8-4-2-5-9-20/h2-11,19,21,24H,12-18H2,1H3/t19-/m0/s1. The van der Waals surface area contributed by atoms with Crippen LogP contribution < -0.4 is 5.32 Å². The van der Waals surface area contributed by atoms with E-state index in [2.05, 4.69) is 71.7 Å². The minimum atomic E-state index is 0.278. The fourth-order valence-electron chi connectivity index (χ4n) is 3.75. The van der Waals surface area contributed by atoms with Crippen LogP contribution >= 0.6 is 0 Å². The number of piperidine rings is 1. The van der Waals surface area contributed by atoms with Crippen LogP contribution in [0.4, 0.5) is 0 Å². The summed E-state index contributed by atoms with van der Waals surface area (Å²) in [5.41, 5.74) is 2.68. The van der Waals surface area contributed by atoms with Gasteiger partial charge in [-0.15, -0.1) is 0 Å². The number of nitrogens with zero attached hydrogens (tertiary/aromatic N) is 1. The third-order valence-corrected chi connectivity index (χ3v) is 5.42. The summed E-state index contributed by atoms with van der Waals surface area (Å²) in [4.78, 5) is 14.5. The Balaban J connectivity index is 1.36. The molecule has 0 bridgehead atoms. The van der Waals surface area contributed by atoms with Gasteiger partial charge in [-0.05, 0) is 43.2 Å². The van der Waals surface area contributed by atoms with Gasteiger partial charge in [0, 0.05) is 32.1 Å². The second-order valence-corrected chi connectivity index (χ2v) is 7.35. The first-order valence-electron chi connectivity index (χ1n) is 9.82. The average molecular weight is 351 g/mol. The summed E-state index contributed by atoms with van der Waals surface area (Å²) in [6.45, 7) is 4.70. The zero-order chi connectivity index (χ0) is 18.2. The lowest BCUT2D eigenvalue weighted by Gasteiger charge is -2.32. The number of likely N-dealkylation sites (tertiary alicyclic amines) is 1. The van der Waals surface area contributed by atoms with Gasteiger partial charge in [-0.2, -0.15) is 0 Å². The highest BCUT2D eigenvalue weighted by atomic mass is 16.2. The zero-order valence-corrected chi connectivity index (χ0v) is 15.7. The summed E-state index contributed by atoms with van der Waals surface area (Å²) in [6.07, 6.45) is 3.96. The van der Waals surface area contributed by atoms with Crippen LogP contribution in [-0.2, 0) is 11.2 Å². The Bertz CT molecular complexity index is 663. The molecule has 138 valence electrons. The predicted molar refractivity (Wildman–Crippen MR) is 107 cm³/mol. The van der Waals surface area contributed by atoms with Crippen molar-refractivity contribution in [2.24, 2.45) is 5.92 Å². The van der Waals surface area contributed by atoms with Crippen molar-refractivity contribution in [2.45, 2.75) is 38.6 Å². The van der Waals surface area contributed by atoms with Crippen LogP contribution in [0.5, 0.6) is 0 Å². The molecule has 1 fully saturated rings. The van der Waals surface area contributed by atoms with Gasteiger partial charge in [0.2, 0.25) is 5.91 Å². The van der Waals surface area contributed by atoms with E-state index in [0.717, 1.165) is 38.9 Å². The molecule has 0 aromatic heterocycles. The highest BCUT2D eigenvalue weighted by Crippen LogP contribution is 2.22. The molecule has 1 aliphatic heterocycles. The number of rotatable bonds is 7. The molecule has 1 amide bonds. The molecule has 0 spiro atoms. The molecule has 1 saturated heterocycles. The summed E-state index contributed by atoms with van der Waals surface area (Å²) in [5.74, 6) is 0.994. The average Bonchev–Trinajstić information content (AvgIpc) is 2.70. The van der Waals surface area contributed by atoms with Crippen molar-refractivity contribution in [3.05, 3.63) is 71.8 Å². The van der Waals surface area contributed by atoms with E-state index in [1.165, 1.54) is 11.1 Å². The number of hydrogen-bond donors (Lipinski definition) is 1. The largest absolute Gasteiger partial charge is 0.343 e. The molecular weight excluding hydrogens is 320 g/mol. The summed E-state index contributed by atoms with van der Waals surface area (Å²) in [7, 11) is 0. The molecule has 0 unspecified atom stereocenters. The van der Waals surface area contributed by atoms with Crippen LogP contribution in [0.1, 0.15) is 43.4 Å². The monoisotopic (exact) mass is 350 g/mol. The normalized spacial score (nSPS) is 16.4. The van der Waals surface area contributed by atoms with Gasteiger partial charge in [0.1, 0.15) is 0 Å². The van der Waals surface area contributed by atoms with Gasteiger partial charge in [0.05, 0.1) is 0 Å². The van der Waals surface area contributed by atoms with Crippen LogP contribution in [0.3, 0.4) is 0 Å². The summed E-state index contributed by atoms with van der Waals surface area (Å²) in [5, 5.41) is 3.46. The van der Waals surface area contributed by atoms with Gasteiger partial charge >= 0.3 is 0 Å². The molecule has 0 aliphatic carbocycles. The maximum atomic E-state index is 12.5. The maximum Gasteiger partial charge on any atom is 0.223 e. The van der Waals surface area contributed by atoms with Crippen molar-refractivity contribution in [2.75, 3.05) is 19.6 Å². The lowest BCUT2D eigenvalue weighted by atomic mass is 9.90. The van der Waals surface area contributed by atoms with Gasteiger partial charge in [-0.25, -0.2) is 0 Å². The van der Waals surface area contributed by atoms with Crippen molar-refractivity contribution >= 4 is 5.91 Å². The van der Waals surface area contributed by atoms with Crippen LogP contribution in [0.2, 0.25) is 0 Å². The summed E-state index contributed by atoms with van der Waals surface area (Å²) >= 11 is 0. The zero-order valence-electron chi connectivity index (χ0n) is 15.7. The molecule has 1 atom stereocenters. The van der Waals surface area contributed by atoms with E-state index in [0.29, 0.717) is 12.3 Å². The first-order valence-corrected chi connectivity index (χ1v) is 9.82. The molecule has 1 heterocycles. The third-order valence-electron chi connectivity index (χ3n) is 5.42. The number of carbonyl (C=O) groups is 1. The van der Waals surface area contributed by atoms with E-state index >= 15 is 0 Å². The number of benzene rings is 2. The Morgan fingerprint density at radius 3 is 2.31 bits per heavy atom. The van der Waals surface area contributed by atoms with Crippen LogP contribution in [0.25, 0.3) is 0 Å². The highest BCUT2D eigenvalue weighted by molar-refractivity contribution is 5.76. The highest BCUT2D eigenvalue weighted by Gasteiger charge is 2.22.